The number of imide groups is 1. The summed E-state index contributed by atoms with van der Waals surface area (Å²) >= 11 is -0.238. The number of halogens is 3. The third-order valence-electron chi connectivity index (χ3n) is 5.98. The van der Waals surface area contributed by atoms with Crippen LogP contribution >= 0.6 is 11.8 Å². The largest absolute Gasteiger partial charge is 0.446 e. The van der Waals surface area contributed by atoms with Crippen molar-refractivity contribution < 1.29 is 22.8 Å². The molecule has 1 N–H and O–H groups in total. The number of urea groups is 1. The molecule has 2 fully saturated rings. The van der Waals surface area contributed by atoms with Crippen molar-refractivity contribution in [3.63, 3.8) is 0 Å². The van der Waals surface area contributed by atoms with Crippen LogP contribution in [0.25, 0.3) is 10.9 Å². The number of carbonyl (C=O) groups is 2. The molecule has 3 amide bonds. The van der Waals surface area contributed by atoms with Crippen LogP contribution in [-0.4, -0.2) is 39.9 Å². The zero-order valence-electron chi connectivity index (χ0n) is 17.5. The molecule has 0 unspecified atom stereocenters. The number of benzene rings is 2. The van der Waals surface area contributed by atoms with Gasteiger partial charge < -0.3 is 10.2 Å². The molecule has 1 saturated carbocycles. The number of nitrogens with zero attached hydrogens (tertiary/aromatic N) is 3. The fourth-order valence-corrected chi connectivity index (χ4v) is 4.78. The average molecular weight is 472 g/mol. The number of alkyl halides is 3. The predicted octanol–water partition coefficient (Wildman–Crippen LogP) is 5.39. The molecule has 1 aliphatic heterocycles. The number of pyridine rings is 1. The molecule has 0 radical (unpaired) electrons. The van der Waals surface area contributed by atoms with Gasteiger partial charge in [0.2, 0.25) is 0 Å². The minimum absolute atomic E-state index is 0.00816. The monoisotopic (exact) mass is 472 g/mol. The minimum atomic E-state index is -4.41. The summed E-state index contributed by atoms with van der Waals surface area (Å²) in [5, 5.41) is 3.91. The van der Waals surface area contributed by atoms with Crippen LogP contribution in [0.1, 0.15) is 18.4 Å². The van der Waals surface area contributed by atoms with Gasteiger partial charge in [0.15, 0.2) is 0 Å². The molecule has 2 aromatic carbocycles. The summed E-state index contributed by atoms with van der Waals surface area (Å²) < 4.78 is 37.9. The van der Waals surface area contributed by atoms with Gasteiger partial charge in [-0.05, 0) is 66.6 Å². The van der Waals surface area contributed by atoms with Crippen LogP contribution in [-0.2, 0) is 11.3 Å². The lowest BCUT2D eigenvalue weighted by atomic mass is 10.1. The number of aromatic nitrogens is 1. The van der Waals surface area contributed by atoms with Crippen molar-refractivity contribution in [2.75, 3.05) is 17.3 Å². The zero-order chi connectivity index (χ0) is 23.4. The lowest BCUT2D eigenvalue weighted by molar-refractivity contribution is -0.120. The number of rotatable bonds is 5. The van der Waals surface area contributed by atoms with E-state index in [1.807, 2.05) is 30.3 Å². The molecule has 6 nitrogen and oxygen atoms in total. The maximum atomic E-state index is 13.4. The maximum absolute atomic E-state index is 13.4. The first-order valence-electron chi connectivity index (χ1n) is 10.3. The molecule has 3 aromatic rings. The molecule has 33 heavy (non-hydrogen) atoms. The summed E-state index contributed by atoms with van der Waals surface area (Å²) in [6.07, 6.45) is 1.11. The highest BCUT2D eigenvalue weighted by molar-refractivity contribution is 8.00. The van der Waals surface area contributed by atoms with E-state index in [9.17, 15) is 22.8 Å². The fourth-order valence-electron chi connectivity index (χ4n) is 4.24. The number of nitrogens with one attached hydrogen (secondary N) is 1. The molecule has 1 aliphatic carbocycles. The van der Waals surface area contributed by atoms with E-state index in [2.05, 4.69) is 10.3 Å². The van der Waals surface area contributed by atoms with Crippen LogP contribution in [0.4, 0.5) is 29.5 Å². The second-order valence-corrected chi connectivity index (χ2v) is 9.15. The number of amides is 3. The van der Waals surface area contributed by atoms with Crippen LogP contribution in [0.5, 0.6) is 0 Å². The number of hydrogen-bond donors (Lipinski definition) is 1. The van der Waals surface area contributed by atoms with Crippen LogP contribution < -0.4 is 10.2 Å². The Kier molecular flexibility index (Phi) is 5.00. The molecule has 170 valence electrons. The summed E-state index contributed by atoms with van der Waals surface area (Å²) in [4.78, 5) is 33.8. The molecule has 10 heteroatoms. The molecule has 2 heterocycles. The first-order chi connectivity index (χ1) is 15.7. The van der Waals surface area contributed by atoms with Gasteiger partial charge in [-0.3, -0.25) is 4.79 Å². The van der Waals surface area contributed by atoms with Gasteiger partial charge >= 0.3 is 11.5 Å². The molecule has 2 aliphatic rings. The van der Waals surface area contributed by atoms with Gasteiger partial charge in [0, 0.05) is 23.9 Å². The Labute approximate surface area is 191 Å². The third kappa shape index (κ3) is 3.78. The topological polar surface area (TPSA) is 65.5 Å². The second-order valence-electron chi connectivity index (χ2n) is 8.02. The highest BCUT2D eigenvalue weighted by Gasteiger charge is 2.65. The number of carbonyl (C=O) groups excluding carboxylic acids is 2. The minimum Gasteiger partial charge on any atom is -0.373 e. The Morgan fingerprint density at radius 3 is 2.42 bits per heavy atom. The normalized spacial score (nSPS) is 17.3. The molecule has 1 saturated heterocycles. The first-order valence-corrected chi connectivity index (χ1v) is 11.1. The Hall–Kier alpha value is -3.27. The quantitative estimate of drug-likeness (QED) is 0.399. The summed E-state index contributed by atoms with van der Waals surface area (Å²) in [6, 6.07) is 14.3. The van der Waals surface area contributed by atoms with Gasteiger partial charge in [-0.1, -0.05) is 18.2 Å². The molecule has 1 aromatic heterocycles. The van der Waals surface area contributed by atoms with Crippen molar-refractivity contribution in [2.24, 2.45) is 0 Å². The van der Waals surface area contributed by atoms with Crippen molar-refractivity contribution >= 4 is 46.1 Å². The Bertz CT molecular complexity index is 1260. The van der Waals surface area contributed by atoms with Gasteiger partial charge in [0.05, 0.1) is 11.2 Å². The standard InChI is InChI=1S/C23H19F3N4O2S/c1-27-19-12-14(17-4-2-3-5-18(17)28-19)13-29-21(32)30(20(31)22(29)10-11-22)15-6-8-16(9-7-15)33-23(24,25)26/h2-9,12H,10-11,13H2,1H3,(H,27,28). The van der Waals surface area contributed by atoms with Gasteiger partial charge in [-0.2, -0.15) is 13.2 Å². The predicted molar refractivity (Wildman–Crippen MR) is 120 cm³/mol. The molecule has 5 rings (SSSR count). The van der Waals surface area contributed by atoms with E-state index in [4.69, 9.17) is 0 Å². The Morgan fingerprint density at radius 1 is 1.09 bits per heavy atom. The lowest BCUT2D eigenvalue weighted by Crippen LogP contribution is -2.36. The number of thioether (sulfide) groups is 1. The molecule has 1 spiro atoms. The maximum Gasteiger partial charge on any atom is 0.446 e. The van der Waals surface area contributed by atoms with Gasteiger partial charge in [0.1, 0.15) is 11.4 Å². The summed E-state index contributed by atoms with van der Waals surface area (Å²) in [7, 11) is 1.76. The Balaban J connectivity index is 1.47. The van der Waals surface area contributed by atoms with E-state index in [1.165, 1.54) is 24.3 Å². The number of para-hydroxylation sites is 1. The third-order valence-corrected chi connectivity index (χ3v) is 6.72. The molecular formula is C23H19F3N4O2S. The highest BCUT2D eigenvalue weighted by atomic mass is 32.2. The van der Waals surface area contributed by atoms with E-state index < -0.39 is 17.1 Å². The summed E-state index contributed by atoms with van der Waals surface area (Å²) in [5.74, 6) is 0.317. The van der Waals surface area contributed by atoms with Crippen molar-refractivity contribution in [3.05, 3.63) is 60.2 Å². The van der Waals surface area contributed by atoms with Crippen LogP contribution in [0.15, 0.2) is 59.5 Å². The van der Waals surface area contributed by atoms with Crippen molar-refractivity contribution in [3.8, 4) is 0 Å². The van der Waals surface area contributed by atoms with Crippen molar-refractivity contribution in [1.82, 2.24) is 9.88 Å². The summed E-state index contributed by atoms with van der Waals surface area (Å²) in [5.41, 5.74) is -3.41. The zero-order valence-corrected chi connectivity index (χ0v) is 18.3. The molecule has 0 atom stereocenters. The highest BCUT2D eigenvalue weighted by Crippen LogP contribution is 2.50. The van der Waals surface area contributed by atoms with E-state index >= 15 is 0 Å². The van der Waals surface area contributed by atoms with E-state index in [1.54, 1.807) is 11.9 Å². The fraction of sp³-hybridized carbons (Fsp3) is 0.261. The SMILES string of the molecule is CNc1cc(CN2C(=O)N(c3ccc(SC(F)(F)F)cc3)C(=O)C23CC3)c2ccccc2n1. The van der Waals surface area contributed by atoms with E-state index in [0.717, 1.165) is 21.4 Å². The summed E-state index contributed by atoms with van der Waals surface area (Å²) in [6.45, 7) is 0.223. The number of hydrogen-bond acceptors (Lipinski definition) is 5. The smallest absolute Gasteiger partial charge is 0.373 e. The van der Waals surface area contributed by atoms with Gasteiger partial charge in [-0.25, -0.2) is 14.7 Å². The number of fused-ring (bicyclic) bond motifs is 1. The van der Waals surface area contributed by atoms with Gasteiger partial charge in [-0.15, -0.1) is 0 Å². The second kappa shape index (κ2) is 7.65. The van der Waals surface area contributed by atoms with Crippen LogP contribution in [0.2, 0.25) is 0 Å². The van der Waals surface area contributed by atoms with Crippen LogP contribution in [0.3, 0.4) is 0 Å². The average Bonchev–Trinajstić information content (AvgIpc) is 3.55. The molecular weight excluding hydrogens is 453 g/mol. The van der Waals surface area contributed by atoms with Crippen molar-refractivity contribution in [1.29, 1.82) is 0 Å². The Morgan fingerprint density at radius 2 is 1.79 bits per heavy atom. The first kappa shape index (κ1) is 21.6. The van der Waals surface area contributed by atoms with E-state index in [-0.39, 0.29) is 34.8 Å². The number of anilines is 2. The van der Waals surface area contributed by atoms with Gasteiger partial charge in [0.25, 0.3) is 5.91 Å². The van der Waals surface area contributed by atoms with E-state index in [0.29, 0.717) is 18.7 Å². The van der Waals surface area contributed by atoms with Crippen molar-refractivity contribution in [2.45, 2.75) is 35.3 Å². The van der Waals surface area contributed by atoms with Crippen LogP contribution in [0, 0.1) is 0 Å². The lowest BCUT2D eigenvalue weighted by Gasteiger charge is -2.22. The molecule has 0 bridgehead atoms.